The van der Waals surface area contributed by atoms with Gasteiger partial charge in [0.2, 0.25) is 0 Å². The molecule has 0 amide bonds. The number of nitrogens with zero attached hydrogens (tertiary/aromatic N) is 3. The number of halogens is 1. The molecule has 0 aromatic carbocycles. The highest BCUT2D eigenvalue weighted by molar-refractivity contribution is 9.10. The lowest BCUT2D eigenvalue weighted by Gasteiger charge is -2.23. The van der Waals surface area contributed by atoms with E-state index in [-0.39, 0.29) is 0 Å². The van der Waals surface area contributed by atoms with Crippen LogP contribution in [0, 0.1) is 0 Å². The maximum atomic E-state index is 11.9. The van der Waals surface area contributed by atoms with Gasteiger partial charge in [0, 0.05) is 30.5 Å². The number of aromatic nitrogens is 3. The van der Waals surface area contributed by atoms with Crippen LogP contribution in [-0.4, -0.2) is 47.6 Å². The molecule has 0 bridgehead atoms. The van der Waals surface area contributed by atoms with Crippen LogP contribution in [0.15, 0.2) is 40.7 Å². The SMILES string of the molecule is CS(=O)(=O)C1C=CC(Nc2cc(C3CCCNC3)nc3c(Br)cnn23)=CCC1. The molecule has 9 heteroatoms. The lowest BCUT2D eigenvalue weighted by atomic mass is 9.96. The van der Waals surface area contributed by atoms with Gasteiger partial charge in [0.1, 0.15) is 5.82 Å². The number of fused-ring (bicyclic) bond motifs is 1. The molecule has 1 aliphatic heterocycles. The topological polar surface area (TPSA) is 88.4 Å². The molecule has 3 heterocycles. The van der Waals surface area contributed by atoms with Gasteiger partial charge in [-0.05, 0) is 54.2 Å². The second kappa shape index (κ2) is 7.96. The predicted molar refractivity (Wildman–Crippen MR) is 114 cm³/mol. The van der Waals surface area contributed by atoms with Crippen LogP contribution in [-0.2, 0) is 9.84 Å². The average molecular weight is 466 g/mol. The Morgan fingerprint density at radius 1 is 1.36 bits per heavy atom. The van der Waals surface area contributed by atoms with Crippen LogP contribution in [0.25, 0.3) is 5.65 Å². The number of nitrogens with one attached hydrogen (secondary N) is 2. The maximum absolute atomic E-state index is 11.9. The fourth-order valence-corrected chi connectivity index (χ4v) is 5.01. The first-order valence-corrected chi connectivity index (χ1v) is 12.3. The first kappa shape index (κ1) is 19.6. The highest BCUT2D eigenvalue weighted by Gasteiger charge is 2.21. The number of hydrogen-bond acceptors (Lipinski definition) is 6. The summed E-state index contributed by atoms with van der Waals surface area (Å²) in [5, 5.41) is 10.9. The molecule has 4 rings (SSSR count). The smallest absolute Gasteiger partial charge is 0.171 e. The highest BCUT2D eigenvalue weighted by atomic mass is 79.9. The summed E-state index contributed by atoms with van der Waals surface area (Å²) in [6, 6.07) is 2.05. The van der Waals surface area contributed by atoms with Gasteiger partial charge in [0.25, 0.3) is 0 Å². The van der Waals surface area contributed by atoms with Gasteiger partial charge < -0.3 is 10.6 Å². The van der Waals surface area contributed by atoms with Crippen molar-refractivity contribution in [2.24, 2.45) is 0 Å². The monoisotopic (exact) mass is 465 g/mol. The van der Waals surface area contributed by atoms with Crippen LogP contribution in [0.5, 0.6) is 0 Å². The fourth-order valence-electron chi connectivity index (χ4n) is 3.73. The van der Waals surface area contributed by atoms with Crippen molar-refractivity contribution in [3.8, 4) is 0 Å². The number of sulfone groups is 1. The summed E-state index contributed by atoms with van der Waals surface area (Å²) in [5.74, 6) is 1.19. The minimum absolute atomic E-state index is 0.370. The summed E-state index contributed by atoms with van der Waals surface area (Å²) in [6.45, 7) is 1.98. The fraction of sp³-hybridized carbons (Fsp3) is 0.474. The molecule has 2 atom stereocenters. The standard InChI is InChI=1S/C19H24BrN5O2S/c1-28(26,27)15-6-2-5-14(7-8-15)23-18-10-17(13-4-3-9-21-11-13)24-19-16(20)12-22-25(18)19/h5,7-8,10,12-13,15,21,23H,2-4,6,9,11H2,1H3. The van der Waals surface area contributed by atoms with Crippen molar-refractivity contribution in [1.29, 1.82) is 0 Å². The second-order valence-corrected chi connectivity index (χ2v) is 10.5. The second-order valence-electron chi connectivity index (χ2n) is 7.43. The van der Waals surface area contributed by atoms with E-state index in [0.717, 1.165) is 53.3 Å². The molecule has 1 aliphatic carbocycles. The third-order valence-corrected chi connectivity index (χ3v) is 7.34. The van der Waals surface area contributed by atoms with Gasteiger partial charge >= 0.3 is 0 Å². The summed E-state index contributed by atoms with van der Waals surface area (Å²) in [6.07, 6.45) is 12.2. The number of piperidine rings is 1. The Labute approximate surface area is 173 Å². The summed E-state index contributed by atoms with van der Waals surface area (Å²) in [5.41, 5.74) is 2.69. The number of allylic oxidation sites excluding steroid dienone is 2. The van der Waals surface area contributed by atoms with Crippen molar-refractivity contribution in [3.63, 3.8) is 0 Å². The Kier molecular flexibility index (Phi) is 5.57. The van der Waals surface area contributed by atoms with Crippen molar-refractivity contribution in [3.05, 3.63) is 46.4 Å². The summed E-state index contributed by atoms with van der Waals surface area (Å²) < 4.78 is 26.4. The van der Waals surface area contributed by atoms with Gasteiger partial charge in [-0.15, -0.1) is 0 Å². The Morgan fingerprint density at radius 2 is 2.21 bits per heavy atom. The molecule has 0 saturated carbocycles. The molecule has 7 nitrogen and oxygen atoms in total. The number of rotatable bonds is 4. The zero-order valence-electron chi connectivity index (χ0n) is 15.7. The van der Waals surface area contributed by atoms with Crippen LogP contribution in [0.1, 0.15) is 37.3 Å². The minimum atomic E-state index is -3.09. The third-order valence-electron chi connectivity index (χ3n) is 5.29. The van der Waals surface area contributed by atoms with Crippen LogP contribution in [0.2, 0.25) is 0 Å². The van der Waals surface area contributed by atoms with E-state index in [4.69, 9.17) is 4.98 Å². The van der Waals surface area contributed by atoms with Gasteiger partial charge in [-0.25, -0.2) is 13.4 Å². The van der Waals surface area contributed by atoms with Gasteiger partial charge in [-0.3, -0.25) is 0 Å². The first-order chi connectivity index (χ1) is 13.4. The molecule has 2 aromatic rings. The van der Waals surface area contributed by atoms with E-state index in [9.17, 15) is 8.42 Å². The zero-order valence-corrected chi connectivity index (χ0v) is 18.1. The third kappa shape index (κ3) is 4.16. The van der Waals surface area contributed by atoms with Gasteiger partial charge in [0.05, 0.1) is 21.6 Å². The van der Waals surface area contributed by atoms with Gasteiger partial charge in [-0.2, -0.15) is 9.61 Å². The lowest BCUT2D eigenvalue weighted by Crippen LogP contribution is -2.29. The molecular formula is C19H24BrN5O2S. The van der Waals surface area contributed by atoms with Gasteiger partial charge in [0.15, 0.2) is 15.5 Å². The maximum Gasteiger partial charge on any atom is 0.171 e. The molecule has 2 aromatic heterocycles. The molecule has 0 radical (unpaired) electrons. The molecule has 28 heavy (non-hydrogen) atoms. The van der Waals surface area contributed by atoms with E-state index >= 15 is 0 Å². The van der Waals surface area contributed by atoms with Crippen LogP contribution >= 0.6 is 15.9 Å². The normalized spacial score (nSPS) is 23.4. The van der Waals surface area contributed by atoms with E-state index in [0.29, 0.717) is 18.8 Å². The van der Waals surface area contributed by atoms with Crippen LogP contribution in [0.4, 0.5) is 5.82 Å². The Hall–Kier alpha value is -1.71. The Bertz CT molecular complexity index is 1040. The molecule has 0 spiro atoms. The summed E-state index contributed by atoms with van der Waals surface area (Å²) in [4.78, 5) is 4.83. The summed E-state index contributed by atoms with van der Waals surface area (Å²) in [7, 11) is -3.09. The van der Waals surface area contributed by atoms with Crippen molar-refractivity contribution in [1.82, 2.24) is 19.9 Å². The number of hydrogen-bond donors (Lipinski definition) is 2. The zero-order chi connectivity index (χ0) is 19.7. The van der Waals surface area contributed by atoms with Crippen molar-refractivity contribution in [2.75, 3.05) is 24.7 Å². The highest BCUT2D eigenvalue weighted by Crippen LogP contribution is 2.28. The van der Waals surface area contributed by atoms with Crippen LogP contribution < -0.4 is 10.6 Å². The van der Waals surface area contributed by atoms with E-state index in [2.05, 4.69) is 37.7 Å². The average Bonchev–Trinajstić information content (AvgIpc) is 2.89. The van der Waals surface area contributed by atoms with E-state index < -0.39 is 15.1 Å². The molecule has 2 unspecified atom stereocenters. The quantitative estimate of drug-likeness (QED) is 0.721. The van der Waals surface area contributed by atoms with E-state index in [1.807, 2.05) is 12.2 Å². The number of anilines is 1. The minimum Gasteiger partial charge on any atom is -0.340 e. The first-order valence-electron chi connectivity index (χ1n) is 9.51. The van der Waals surface area contributed by atoms with Crippen molar-refractivity contribution in [2.45, 2.75) is 36.9 Å². The molecule has 1 fully saturated rings. The van der Waals surface area contributed by atoms with E-state index in [1.165, 1.54) is 6.26 Å². The largest absolute Gasteiger partial charge is 0.340 e. The molecule has 1 saturated heterocycles. The van der Waals surface area contributed by atoms with Crippen molar-refractivity contribution < 1.29 is 8.42 Å². The van der Waals surface area contributed by atoms with Crippen LogP contribution in [0.3, 0.4) is 0 Å². The molecular weight excluding hydrogens is 442 g/mol. The molecule has 2 aliphatic rings. The Balaban J connectivity index is 1.67. The Morgan fingerprint density at radius 3 is 2.96 bits per heavy atom. The summed E-state index contributed by atoms with van der Waals surface area (Å²) >= 11 is 3.54. The molecule has 150 valence electrons. The van der Waals surface area contributed by atoms with Crippen molar-refractivity contribution >= 4 is 37.2 Å². The predicted octanol–water partition coefficient (Wildman–Crippen LogP) is 3.02. The molecule has 2 N–H and O–H groups in total. The van der Waals surface area contributed by atoms with E-state index in [1.54, 1.807) is 16.8 Å². The lowest BCUT2D eigenvalue weighted by molar-refractivity contribution is 0.455. The van der Waals surface area contributed by atoms with Gasteiger partial charge in [-0.1, -0.05) is 12.2 Å².